The Labute approximate surface area is 125 Å². The average molecular weight is 315 g/mol. The zero-order chi connectivity index (χ0) is 15.4. The van der Waals surface area contributed by atoms with Crippen LogP contribution in [0.15, 0.2) is 23.1 Å². The first-order chi connectivity index (χ1) is 9.97. The van der Waals surface area contributed by atoms with Crippen LogP contribution in [0.2, 0.25) is 0 Å². The lowest BCUT2D eigenvalue weighted by atomic mass is 9.98. The van der Waals surface area contributed by atoms with Crippen molar-refractivity contribution in [3.05, 3.63) is 29.8 Å². The van der Waals surface area contributed by atoms with Crippen LogP contribution in [0.3, 0.4) is 0 Å². The fourth-order valence-corrected chi connectivity index (χ4v) is 3.03. The standard InChI is InChI=1S/C14H15F2NO3S/c15-11-4-3-10(6-12(11)16)21-8-13(18)17-5-1-2-9(7-17)14(19)20/h3-4,6,9H,1-2,5,7-8H2,(H,19,20)/t9-/m1/s1. The third-order valence-corrected chi connectivity index (χ3v) is 4.36. The van der Waals surface area contributed by atoms with Gasteiger partial charge in [-0.15, -0.1) is 11.8 Å². The van der Waals surface area contributed by atoms with Crippen LogP contribution < -0.4 is 0 Å². The van der Waals surface area contributed by atoms with Gasteiger partial charge in [-0.05, 0) is 31.0 Å². The smallest absolute Gasteiger partial charge is 0.308 e. The number of carbonyl (C=O) groups is 2. The van der Waals surface area contributed by atoms with Gasteiger partial charge in [0.05, 0.1) is 11.7 Å². The highest BCUT2D eigenvalue weighted by Crippen LogP contribution is 2.22. The SMILES string of the molecule is O=C(O)[C@@H]1CCCN(C(=O)CSc2ccc(F)c(F)c2)C1. The van der Waals surface area contributed by atoms with Crippen LogP contribution >= 0.6 is 11.8 Å². The summed E-state index contributed by atoms with van der Waals surface area (Å²) in [5.41, 5.74) is 0. The summed E-state index contributed by atoms with van der Waals surface area (Å²) < 4.78 is 25.8. The Morgan fingerprint density at radius 2 is 2.10 bits per heavy atom. The van der Waals surface area contributed by atoms with Crippen molar-refractivity contribution in [2.45, 2.75) is 17.7 Å². The molecule has 7 heteroatoms. The van der Waals surface area contributed by atoms with Gasteiger partial charge in [-0.2, -0.15) is 0 Å². The molecule has 21 heavy (non-hydrogen) atoms. The first kappa shape index (κ1) is 15.8. The number of carboxylic acid groups (broad SMARTS) is 1. The molecule has 1 atom stereocenters. The van der Waals surface area contributed by atoms with E-state index in [1.165, 1.54) is 11.0 Å². The van der Waals surface area contributed by atoms with E-state index in [1.807, 2.05) is 0 Å². The molecule has 0 radical (unpaired) electrons. The zero-order valence-electron chi connectivity index (χ0n) is 11.2. The van der Waals surface area contributed by atoms with Gasteiger partial charge in [0, 0.05) is 18.0 Å². The third kappa shape index (κ3) is 4.17. The van der Waals surface area contributed by atoms with Crippen LogP contribution in [0.5, 0.6) is 0 Å². The number of hydrogen-bond acceptors (Lipinski definition) is 3. The Morgan fingerprint density at radius 1 is 1.33 bits per heavy atom. The molecule has 0 saturated carbocycles. The minimum Gasteiger partial charge on any atom is -0.481 e. The largest absolute Gasteiger partial charge is 0.481 e. The molecular formula is C14H15F2NO3S. The Bertz CT molecular complexity index is 553. The second-order valence-electron chi connectivity index (χ2n) is 4.88. The summed E-state index contributed by atoms with van der Waals surface area (Å²) in [4.78, 5) is 25.0. The first-order valence-corrected chi connectivity index (χ1v) is 7.54. The Kier molecular flexibility index (Phi) is 5.17. The maximum atomic E-state index is 13.0. The van der Waals surface area contributed by atoms with Gasteiger partial charge in [-0.3, -0.25) is 9.59 Å². The van der Waals surface area contributed by atoms with Crippen molar-refractivity contribution >= 4 is 23.6 Å². The number of carbonyl (C=O) groups excluding carboxylic acids is 1. The normalized spacial score (nSPS) is 18.6. The van der Waals surface area contributed by atoms with Crippen molar-refractivity contribution < 1.29 is 23.5 Å². The van der Waals surface area contributed by atoms with E-state index in [4.69, 9.17) is 5.11 Å². The van der Waals surface area contributed by atoms with Crippen LogP contribution in [-0.2, 0) is 9.59 Å². The van der Waals surface area contributed by atoms with Gasteiger partial charge in [0.25, 0.3) is 0 Å². The summed E-state index contributed by atoms with van der Waals surface area (Å²) in [6, 6.07) is 3.47. The van der Waals surface area contributed by atoms with E-state index >= 15 is 0 Å². The van der Waals surface area contributed by atoms with Crippen LogP contribution in [0.4, 0.5) is 8.78 Å². The number of hydrogen-bond donors (Lipinski definition) is 1. The zero-order valence-corrected chi connectivity index (χ0v) is 12.0. The number of aliphatic carboxylic acids is 1. The monoisotopic (exact) mass is 315 g/mol. The fourth-order valence-electron chi connectivity index (χ4n) is 2.21. The van der Waals surface area contributed by atoms with Crippen molar-refractivity contribution in [2.75, 3.05) is 18.8 Å². The second kappa shape index (κ2) is 6.89. The van der Waals surface area contributed by atoms with Gasteiger partial charge < -0.3 is 10.0 Å². The fraction of sp³-hybridized carbons (Fsp3) is 0.429. The summed E-state index contributed by atoms with van der Waals surface area (Å²) in [6.45, 7) is 0.757. The van der Waals surface area contributed by atoms with Crippen LogP contribution in [-0.4, -0.2) is 40.7 Å². The summed E-state index contributed by atoms with van der Waals surface area (Å²) in [6.07, 6.45) is 1.24. The molecule has 1 aliphatic heterocycles. The maximum absolute atomic E-state index is 13.0. The van der Waals surface area contributed by atoms with Gasteiger partial charge >= 0.3 is 5.97 Å². The Hall–Kier alpha value is -1.63. The van der Waals surface area contributed by atoms with E-state index in [-0.39, 0.29) is 18.2 Å². The van der Waals surface area contributed by atoms with Crippen LogP contribution in [0.25, 0.3) is 0 Å². The third-order valence-electron chi connectivity index (χ3n) is 3.38. The molecule has 0 unspecified atom stereocenters. The highest BCUT2D eigenvalue weighted by molar-refractivity contribution is 8.00. The maximum Gasteiger partial charge on any atom is 0.308 e. The molecule has 0 spiro atoms. The van der Waals surface area contributed by atoms with E-state index in [0.29, 0.717) is 24.3 Å². The predicted octanol–water partition coefficient (Wildman–Crippen LogP) is 2.38. The molecule has 1 saturated heterocycles. The van der Waals surface area contributed by atoms with Crippen molar-refractivity contribution in [3.63, 3.8) is 0 Å². The molecule has 0 bridgehead atoms. The molecule has 1 amide bonds. The van der Waals surface area contributed by atoms with Gasteiger partial charge in [0.2, 0.25) is 5.91 Å². The van der Waals surface area contributed by atoms with Crippen molar-refractivity contribution in [2.24, 2.45) is 5.92 Å². The number of benzene rings is 1. The van der Waals surface area contributed by atoms with Crippen molar-refractivity contribution in [1.82, 2.24) is 4.90 Å². The molecule has 1 fully saturated rings. The quantitative estimate of drug-likeness (QED) is 0.867. The number of likely N-dealkylation sites (tertiary alicyclic amines) is 1. The number of nitrogens with zero attached hydrogens (tertiary/aromatic N) is 1. The van der Waals surface area contributed by atoms with Gasteiger partial charge in [0.1, 0.15) is 0 Å². The van der Waals surface area contributed by atoms with E-state index < -0.39 is 23.5 Å². The highest BCUT2D eigenvalue weighted by Gasteiger charge is 2.27. The number of carboxylic acids is 1. The van der Waals surface area contributed by atoms with Crippen molar-refractivity contribution in [1.29, 1.82) is 0 Å². The number of piperidine rings is 1. The molecule has 0 aliphatic carbocycles. The number of thioether (sulfide) groups is 1. The molecule has 4 nitrogen and oxygen atoms in total. The minimum absolute atomic E-state index is 0.0808. The second-order valence-corrected chi connectivity index (χ2v) is 5.93. The summed E-state index contributed by atoms with van der Waals surface area (Å²) in [5.74, 6) is -3.38. The highest BCUT2D eigenvalue weighted by atomic mass is 32.2. The molecule has 1 heterocycles. The topological polar surface area (TPSA) is 57.6 Å². The summed E-state index contributed by atoms with van der Waals surface area (Å²) in [7, 11) is 0. The van der Waals surface area contributed by atoms with E-state index in [1.54, 1.807) is 0 Å². The Morgan fingerprint density at radius 3 is 2.76 bits per heavy atom. The molecule has 1 aliphatic rings. The lowest BCUT2D eigenvalue weighted by molar-refractivity contribution is -0.145. The molecule has 2 rings (SSSR count). The lowest BCUT2D eigenvalue weighted by Gasteiger charge is -2.30. The molecule has 1 aromatic carbocycles. The first-order valence-electron chi connectivity index (χ1n) is 6.56. The summed E-state index contributed by atoms with van der Waals surface area (Å²) >= 11 is 1.11. The predicted molar refractivity (Wildman–Crippen MR) is 74.0 cm³/mol. The van der Waals surface area contributed by atoms with Crippen LogP contribution in [0, 0.1) is 17.6 Å². The van der Waals surface area contributed by atoms with E-state index in [9.17, 15) is 18.4 Å². The number of rotatable bonds is 4. The van der Waals surface area contributed by atoms with Crippen molar-refractivity contribution in [3.8, 4) is 0 Å². The minimum atomic E-state index is -0.948. The molecule has 0 aromatic heterocycles. The average Bonchev–Trinajstić information content (AvgIpc) is 2.48. The molecule has 1 N–H and O–H groups in total. The van der Waals surface area contributed by atoms with Crippen LogP contribution in [0.1, 0.15) is 12.8 Å². The Balaban J connectivity index is 1.89. The summed E-state index contributed by atoms with van der Waals surface area (Å²) in [5, 5.41) is 8.98. The lowest BCUT2D eigenvalue weighted by Crippen LogP contribution is -2.43. The van der Waals surface area contributed by atoms with E-state index in [2.05, 4.69) is 0 Å². The number of amides is 1. The van der Waals surface area contributed by atoms with Gasteiger partial charge in [-0.1, -0.05) is 0 Å². The molecule has 114 valence electrons. The molecular weight excluding hydrogens is 300 g/mol. The van der Waals surface area contributed by atoms with Gasteiger partial charge in [0.15, 0.2) is 11.6 Å². The molecule has 1 aromatic rings. The number of halogens is 2. The van der Waals surface area contributed by atoms with E-state index in [0.717, 1.165) is 23.9 Å². The van der Waals surface area contributed by atoms with Gasteiger partial charge in [-0.25, -0.2) is 8.78 Å².